The van der Waals surface area contributed by atoms with Crippen LogP contribution < -0.4 is 5.73 Å². The quantitative estimate of drug-likeness (QED) is 0.735. The highest BCUT2D eigenvalue weighted by molar-refractivity contribution is 8.00. The van der Waals surface area contributed by atoms with Crippen LogP contribution >= 0.6 is 34.4 Å². The number of anilines is 1. The number of hydrogen-bond acceptors (Lipinski definition) is 6. The normalized spacial score (nSPS) is 11.3. The maximum Gasteiger partial charge on any atom is 0.142 e. The fourth-order valence-corrected chi connectivity index (χ4v) is 4.57. The van der Waals surface area contributed by atoms with Crippen LogP contribution in [0.5, 0.6) is 0 Å². The molecule has 0 fully saturated rings. The van der Waals surface area contributed by atoms with Gasteiger partial charge >= 0.3 is 0 Å². The maximum absolute atomic E-state index is 6.07. The van der Waals surface area contributed by atoms with Gasteiger partial charge in [0.25, 0.3) is 0 Å². The van der Waals surface area contributed by atoms with Gasteiger partial charge in [-0.25, -0.2) is 9.97 Å². The van der Waals surface area contributed by atoms with Crippen LogP contribution in [0, 0.1) is 13.8 Å². The summed E-state index contributed by atoms with van der Waals surface area (Å²) < 4.78 is 1.28. The van der Waals surface area contributed by atoms with E-state index in [2.05, 4.69) is 41.3 Å². The lowest BCUT2D eigenvalue weighted by atomic mass is 10.2. The van der Waals surface area contributed by atoms with Crippen molar-refractivity contribution in [2.75, 3.05) is 5.73 Å². The van der Waals surface area contributed by atoms with Gasteiger partial charge in [0.2, 0.25) is 0 Å². The molecule has 0 aliphatic carbocycles. The van der Waals surface area contributed by atoms with Crippen molar-refractivity contribution in [3.8, 4) is 0 Å². The highest BCUT2D eigenvalue weighted by atomic mass is 32.2. The molecule has 3 nitrogen and oxygen atoms in total. The lowest BCUT2D eigenvalue weighted by Crippen LogP contribution is -1.99. The maximum atomic E-state index is 6.07. The van der Waals surface area contributed by atoms with Crippen LogP contribution in [0.15, 0.2) is 21.7 Å². The Kier molecular flexibility index (Phi) is 3.47. The van der Waals surface area contributed by atoms with E-state index in [4.69, 9.17) is 5.73 Å². The molecule has 2 N–H and O–H groups in total. The van der Waals surface area contributed by atoms with Crippen LogP contribution in [-0.4, -0.2) is 9.97 Å². The molecule has 0 aliphatic rings. The van der Waals surface area contributed by atoms with Crippen LogP contribution in [0.2, 0.25) is 0 Å². The Balaban J connectivity index is 1.92. The minimum Gasteiger partial charge on any atom is -0.383 e. The Morgan fingerprint density at radius 2 is 2.16 bits per heavy atom. The summed E-state index contributed by atoms with van der Waals surface area (Å²) >= 11 is 5.18. The number of hydrogen-bond donors (Lipinski definition) is 1. The summed E-state index contributed by atoms with van der Waals surface area (Å²) in [5.74, 6) is 2.18. The molecule has 0 saturated heterocycles. The SMILES string of the molecule is Cc1sc2nc(CSc3cccs3)nc(N)c2c1C. The van der Waals surface area contributed by atoms with Crippen molar-refractivity contribution in [1.29, 1.82) is 0 Å². The molecule has 3 rings (SSSR count). The van der Waals surface area contributed by atoms with Gasteiger partial charge in [0.05, 0.1) is 15.3 Å². The highest BCUT2D eigenvalue weighted by Gasteiger charge is 2.12. The predicted octanol–water partition coefficient (Wildman–Crippen LogP) is 4.24. The van der Waals surface area contributed by atoms with E-state index in [1.165, 1.54) is 14.6 Å². The summed E-state index contributed by atoms with van der Waals surface area (Å²) in [6.45, 7) is 4.18. The second-order valence-corrected chi connectivity index (χ2v) is 7.64. The Bertz CT molecular complexity index is 716. The van der Waals surface area contributed by atoms with Crippen molar-refractivity contribution in [1.82, 2.24) is 9.97 Å². The largest absolute Gasteiger partial charge is 0.383 e. The number of nitrogens with two attached hydrogens (primary N) is 1. The van der Waals surface area contributed by atoms with Gasteiger partial charge in [-0.2, -0.15) is 0 Å². The monoisotopic (exact) mass is 307 g/mol. The minimum atomic E-state index is 0.605. The van der Waals surface area contributed by atoms with Crippen LogP contribution in [-0.2, 0) is 5.75 Å². The molecule has 6 heteroatoms. The van der Waals surface area contributed by atoms with Crippen LogP contribution in [0.3, 0.4) is 0 Å². The zero-order valence-electron chi connectivity index (χ0n) is 10.6. The molecule has 0 spiro atoms. The third kappa shape index (κ3) is 2.48. The van der Waals surface area contributed by atoms with E-state index in [0.29, 0.717) is 5.82 Å². The molecule has 3 aromatic heterocycles. The van der Waals surface area contributed by atoms with E-state index < -0.39 is 0 Å². The zero-order valence-corrected chi connectivity index (χ0v) is 13.1. The van der Waals surface area contributed by atoms with Crippen LogP contribution in [0.1, 0.15) is 16.3 Å². The average molecular weight is 307 g/mol. The molecule has 98 valence electrons. The summed E-state index contributed by atoms with van der Waals surface area (Å²) in [4.78, 5) is 11.3. The molecule has 0 saturated carbocycles. The van der Waals surface area contributed by atoms with Gasteiger partial charge in [-0.05, 0) is 30.9 Å². The topological polar surface area (TPSA) is 51.8 Å². The van der Waals surface area contributed by atoms with Crippen LogP contribution in [0.25, 0.3) is 10.2 Å². The lowest BCUT2D eigenvalue weighted by molar-refractivity contribution is 1.08. The Labute approximate surface area is 123 Å². The Morgan fingerprint density at radius 1 is 1.32 bits per heavy atom. The van der Waals surface area contributed by atoms with Crippen molar-refractivity contribution < 1.29 is 0 Å². The molecule has 3 heterocycles. The van der Waals surface area contributed by atoms with E-state index >= 15 is 0 Å². The molecular weight excluding hydrogens is 294 g/mol. The first-order valence-corrected chi connectivity index (χ1v) is 8.51. The van der Waals surface area contributed by atoms with Crippen molar-refractivity contribution in [2.24, 2.45) is 0 Å². The van der Waals surface area contributed by atoms with E-state index in [0.717, 1.165) is 21.8 Å². The van der Waals surface area contributed by atoms with Gasteiger partial charge in [-0.1, -0.05) is 6.07 Å². The van der Waals surface area contributed by atoms with Gasteiger partial charge in [-0.15, -0.1) is 34.4 Å². The number of rotatable bonds is 3. The summed E-state index contributed by atoms with van der Waals surface area (Å²) in [7, 11) is 0. The zero-order chi connectivity index (χ0) is 13.4. The van der Waals surface area contributed by atoms with E-state index in [1.807, 2.05) is 0 Å². The summed E-state index contributed by atoms with van der Waals surface area (Å²) in [5, 5.41) is 3.10. The molecule has 0 atom stereocenters. The van der Waals surface area contributed by atoms with Crippen molar-refractivity contribution >= 4 is 50.5 Å². The van der Waals surface area contributed by atoms with E-state index in [-0.39, 0.29) is 0 Å². The molecule has 0 amide bonds. The molecule has 0 bridgehead atoms. The van der Waals surface area contributed by atoms with Gasteiger partial charge in [0.1, 0.15) is 16.5 Å². The minimum absolute atomic E-state index is 0.605. The predicted molar refractivity (Wildman–Crippen MR) is 85.2 cm³/mol. The van der Waals surface area contributed by atoms with Crippen molar-refractivity contribution in [3.05, 3.63) is 33.8 Å². The Hall–Kier alpha value is -1.11. The van der Waals surface area contributed by atoms with E-state index in [1.54, 1.807) is 34.4 Å². The third-order valence-corrected chi connectivity index (χ3v) is 6.17. The third-order valence-electron chi connectivity index (χ3n) is 2.94. The van der Waals surface area contributed by atoms with Gasteiger partial charge < -0.3 is 5.73 Å². The first kappa shape index (κ1) is 12.9. The summed E-state index contributed by atoms with van der Waals surface area (Å²) in [6, 6.07) is 4.16. The standard InChI is InChI=1S/C13H13N3S3/c1-7-8(2)19-13-11(7)12(14)15-9(16-13)6-18-10-4-3-5-17-10/h3-5H,6H2,1-2H3,(H2,14,15,16). The number of fused-ring (bicyclic) bond motifs is 1. The second-order valence-electron chi connectivity index (χ2n) is 4.21. The number of nitrogen functional groups attached to an aromatic ring is 1. The molecule has 19 heavy (non-hydrogen) atoms. The van der Waals surface area contributed by atoms with Crippen molar-refractivity contribution in [2.45, 2.75) is 23.8 Å². The fraction of sp³-hybridized carbons (Fsp3) is 0.231. The summed E-state index contributed by atoms with van der Waals surface area (Å²) in [6.07, 6.45) is 0. The first-order valence-electron chi connectivity index (χ1n) is 5.83. The molecule has 0 unspecified atom stereocenters. The smallest absolute Gasteiger partial charge is 0.142 e. The molecule has 0 aromatic carbocycles. The molecule has 0 radical (unpaired) electrons. The highest BCUT2D eigenvalue weighted by Crippen LogP contribution is 2.33. The number of thioether (sulfide) groups is 1. The molecule has 3 aromatic rings. The van der Waals surface area contributed by atoms with Gasteiger partial charge in [-0.3, -0.25) is 0 Å². The Morgan fingerprint density at radius 3 is 2.89 bits per heavy atom. The molecular formula is C13H13N3S3. The number of aryl methyl sites for hydroxylation is 2. The van der Waals surface area contributed by atoms with Crippen molar-refractivity contribution in [3.63, 3.8) is 0 Å². The number of thiophene rings is 2. The van der Waals surface area contributed by atoms with Crippen LogP contribution in [0.4, 0.5) is 5.82 Å². The van der Waals surface area contributed by atoms with Gasteiger partial charge in [0.15, 0.2) is 0 Å². The second kappa shape index (κ2) is 5.11. The summed E-state index contributed by atoms with van der Waals surface area (Å²) in [5.41, 5.74) is 7.27. The fourth-order valence-electron chi connectivity index (χ4n) is 1.87. The number of aromatic nitrogens is 2. The van der Waals surface area contributed by atoms with E-state index in [9.17, 15) is 0 Å². The average Bonchev–Trinajstić information content (AvgIpc) is 2.96. The first-order chi connectivity index (χ1) is 9.15. The number of nitrogens with zero attached hydrogens (tertiary/aromatic N) is 2. The molecule has 0 aliphatic heterocycles. The lowest BCUT2D eigenvalue weighted by Gasteiger charge is -2.02. The van der Waals surface area contributed by atoms with Gasteiger partial charge in [0, 0.05) is 4.88 Å².